The Kier molecular flexibility index (Phi) is 13.9. The van der Waals surface area contributed by atoms with Crippen LogP contribution in [0.4, 0.5) is 0 Å². The first-order chi connectivity index (χ1) is 18.7. The normalized spacial score (nSPS) is 18.7. The molecule has 0 aliphatic heterocycles. The molecule has 2 rings (SSSR count). The second-order valence-electron chi connectivity index (χ2n) is 9.36. The fourth-order valence-electron chi connectivity index (χ4n) is 4.24. The molecule has 3 N–H and O–H groups in total. The molecule has 216 valence electrons. The fraction of sp³-hybridized carbons (Fsp3) is 0.536. The molecule has 1 aromatic rings. The van der Waals surface area contributed by atoms with Gasteiger partial charge in [0.1, 0.15) is 18.5 Å². The molecule has 1 aliphatic carbocycles. The van der Waals surface area contributed by atoms with Crippen LogP contribution in [-0.2, 0) is 14.3 Å². The van der Waals surface area contributed by atoms with E-state index in [1.807, 2.05) is 36.4 Å². The van der Waals surface area contributed by atoms with E-state index in [9.17, 15) is 24.6 Å². The number of aliphatic hydroxyl groups is 2. The molecule has 39 heavy (non-hydrogen) atoms. The third kappa shape index (κ3) is 9.59. The van der Waals surface area contributed by atoms with Gasteiger partial charge in [-0.3, -0.25) is 14.4 Å². The average molecular weight is 659 g/mol. The quantitative estimate of drug-likeness (QED) is 0.107. The van der Waals surface area contributed by atoms with E-state index in [1.54, 1.807) is 17.0 Å². The molecule has 0 saturated heterocycles. The van der Waals surface area contributed by atoms with E-state index in [1.165, 1.54) is 19.3 Å². The van der Waals surface area contributed by atoms with E-state index < -0.39 is 24.2 Å². The number of aliphatic hydroxyl groups excluding tert-OH is 2. The second kappa shape index (κ2) is 16.6. The Morgan fingerprint density at radius 1 is 1.33 bits per heavy atom. The fourth-order valence-corrected chi connectivity index (χ4v) is 4.99. The number of aldehydes is 1. The molecule has 0 heterocycles. The number of ether oxygens (including phenoxy) is 3. The number of amides is 2. The van der Waals surface area contributed by atoms with Gasteiger partial charge >= 0.3 is 0 Å². The van der Waals surface area contributed by atoms with Crippen LogP contribution < -0.4 is 14.8 Å². The number of allylic oxidation sites excluding steroid dienone is 1. The van der Waals surface area contributed by atoms with Gasteiger partial charge < -0.3 is 34.6 Å². The van der Waals surface area contributed by atoms with Gasteiger partial charge in [0.05, 0.1) is 29.4 Å². The lowest BCUT2D eigenvalue weighted by molar-refractivity contribution is -0.138. The van der Waals surface area contributed by atoms with Crippen LogP contribution in [0.15, 0.2) is 36.4 Å². The standard InChI is InChI=1S/C28H39IN2O8/c1-5-6-8-25(34)31(10-7-12-38-18(2)3)22-15-20(28(36)30-9-11-32)16-23(26(22)35)39-27-21(29)13-19(17-33)14-24(27)37-4/h5,13-14,16-18,22-23,26,32,35H,1,6-12,15H2,2-4H3,(H,30,36)/t22-,23+,26+/m1/s1. The van der Waals surface area contributed by atoms with Crippen LogP contribution in [0.5, 0.6) is 11.5 Å². The number of rotatable bonds is 16. The number of carbonyl (C=O) groups is 3. The van der Waals surface area contributed by atoms with Crippen LogP contribution in [0.3, 0.4) is 0 Å². The molecule has 0 radical (unpaired) electrons. The number of hydrogen-bond acceptors (Lipinski definition) is 8. The Labute approximate surface area is 243 Å². The Hall–Kier alpha value is -2.48. The van der Waals surface area contributed by atoms with Crippen molar-refractivity contribution in [3.8, 4) is 11.5 Å². The lowest BCUT2D eigenvalue weighted by atomic mass is 9.87. The van der Waals surface area contributed by atoms with E-state index >= 15 is 0 Å². The van der Waals surface area contributed by atoms with Crippen LogP contribution in [0, 0.1) is 3.57 Å². The van der Waals surface area contributed by atoms with Crippen LogP contribution >= 0.6 is 22.6 Å². The van der Waals surface area contributed by atoms with E-state index in [0.717, 1.165) is 0 Å². The monoisotopic (exact) mass is 658 g/mol. The minimum absolute atomic E-state index is 0.0424. The van der Waals surface area contributed by atoms with Gasteiger partial charge in [0.25, 0.3) is 0 Å². The smallest absolute Gasteiger partial charge is 0.247 e. The van der Waals surface area contributed by atoms with Gasteiger partial charge in [-0.15, -0.1) is 6.58 Å². The zero-order valence-corrected chi connectivity index (χ0v) is 24.9. The lowest BCUT2D eigenvalue weighted by Gasteiger charge is -2.40. The highest BCUT2D eigenvalue weighted by Gasteiger charge is 2.40. The maximum Gasteiger partial charge on any atom is 0.247 e. The summed E-state index contributed by atoms with van der Waals surface area (Å²) in [6.45, 7) is 8.13. The van der Waals surface area contributed by atoms with Crippen molar-refractivity contribution in [3.63, 3.8) is 0 Å². The molecule has 2 amide bonds. The van der Waals surface area contributed by atoms with E-state index in [2.05, 4.69) is 11.9 Å². The summed E-state index contributed by atoms with van der Waals surface area (Å²) < 4.78 is 17.9. The van der Waals surface area contributed by atoms with Gasteiger partial charge in [-0.1, -0.05) is 6.08 Å². The summed E-state index contributed by atoms with van der Waals surface area (Å²) in [7, 11) is 1.44. The molecule has 0 saturated carbocycles. The Balaban J connectivity index is 2.46. The first kappa shape index (κ1) is 32.7. The SMILES string of the molecule is C=CCCC(=O)N(CCCOC(C)C)[C@@H]1CC(C(=O)NCCO)=C[C@H](Oc2c(I)cc(C=O)cc2OC)[C@H]1O. The summed E-state index contributed by atoms with van der Waals surface area (Å²) >= 11 is 2.01. The molecule has 3 atom stereocenters. The molecule has 11 heteroatoms. The first-order valence-electron chi connectivity index (χ1n) is 13.0. The maximum atomic E-state index is 13.3. The first-order valence-corrected chi connectivity index (χ1v) is 14.0. The Morgan fingerprint density at radius 3 is 2.69 bits per heavy atom. The maximum absolute atomic E-state index is 13.3. The third-order valence-electron chi connectivity index (χ3n) is 6.13. The number of hydrogen-bond donors (Lipinski definition) is 3. The number of methoxy groups -OCH3 is 1. The van der Waals surface area contributed by atoms with Crippen LogP contribution in [-0.4, -0.2) is 91.0 Å². The van der Waals surface area contributed by atoms with Gasteiger partial charge in [-0.05, 0) is 67.5 Å². The number of benzene rings is 1. The number of nitrogens with one attached hydrogen (secondary N) is 1. The highest BCUT2D eigenvalue weighted by Crippen LogP contribution is 2.37. The van der Waals surface area contributed by atoms with Crippen molar-refractivity contribution < 1.29 is 38.8 Å². The van der Waals surface area contributed by atoms with Crippen LogP contribution in [0.2, 0.25) is 0 Å². The van der Waals surface area contributed by atoms with Crippen LogP contribution in [0.25, 0.3) is 0 Å². The second-order valence-corrected chi connectivity index (χ2v) is 10.5. The van der Waals surface area contributed by atoms with Crippen molar-refractivity contribution in [1.29, 1.82) is 0 Å². The summed E-state index contributed by atoms with van der Waals surface area (Å²) in [6, 6.07) is 2.38. The van der Waals surface area contributed by atoms with E-state index in [-0.39, 0.29) is 38.0 Å². The summed E-state index contributed by atoms with van der Waals surface area (Å²) in [4.78, 5) is 39.2. The molecule has 1 aromatic carbocycles. The topological polar surface area (TPSA) is 135 Å². The molecular formula is C28H39IN2O8. The molecule has 0 spiro atoms. The summed E-state index contributed by atoms with van der Waals surface area (Å²) in [5.74, 6) is -0.00621. The van der Waals surface area contributed by atoms with Crippen LogP contribution in [0.1, 0.15) is 49.9 Å². The number of carbonyl (C=O) groups excluding carboxylic acids is 3. The zero-order valence-electron chi connectivity index (χ0n) is 22.7. The Bertz CT molecular complexity index is 1030. The average Bonchev–Trinajstić information content (AvgIpc) is 2.92. The van der Waals surface area contributed by atoms with Crippen molar-refractivity contribution in [3.05, 3.63) is 45.6 Å². The van der Waals surface area contributed by atoms with Gasteiger partial charge in [0, 0.05) is 43.7 Å². The molecule has 0 aromatic heterocycles. The van der Waals surface area contributed by atoms with Gasteiger partial charge in [0.15, 0.2) is 11.5 Å². The largest absolute Gasteiger partial charge is 0.493 e. The van der Waals surface area contributed by atoms with Crippen molar-refractivity contribution in [1.82, 2.24) is 10.2 Å². The van der Waals surface area contributed by atoms with E-state index in [0.29, 0.717) is 58.5 Å². The van der Waals surface area contributed by atoms with Gasteiger partial charge in [-0.25, -0.2) is 0 Å². The Morgan fingerprint density at radius 2 is 2.08 bits per heavy atom. The zero-order chi connectivity index (χ0) is 28.9. The summed E-state index contributed by atoms with van der Waals surface area (Å²) in [5.41, 5.74) is 0.718. The van der Waals surface area contributed by atoms with Gasteiger partial charge in [0.2, 0.25) is 11.8 Å². The van der Waals surface area contributed by atoms with Crippen molar-refractivity contribution in [2.75, 3.05) is 33.4 Å². The minimum atomic E-state index is -1.18. The van der Waals surface area contributed by atoms with Crippen molar-refractivity contribution in [2.45, 2.75) is 63.9 Å². The molecule has 1 aliphatic rings. The summed E-state index contributed by atoms with van der Waals surface area (Å²) in [5, 5.41) is 23.3. The highest BCUT2D eigenvalue weighted by atomic mass is 127. The molecule has 0 fully saturated rings. The van der Waals surface area contributed by atoms with Crippen molar-refractivity contribution >= 4 is 40.7 Å². The molecular weight excluding hydrogens is 619 g/mol. The van der Waals surface area contributed by atoms with Gasteiger partial charge in [-0.2, -0.15) is 0 Å². The predicted molar refractivity (Wildman–Crippen MR) is 155 cm³/mol. The number of halogens is 1. The highest BCUT2D eigenvalue weighted by molar-refractivity contribution is 14.1. The predicted octanol–water partition coefficient (Wildman–Crippen LogP) is 2.64. The van der Waals surface area contributed by atoms with E-state index in [4.69, 9.17) is 14.2 Å². The minimum Gasteiger partial charge on any atom is -0.493 e. The van der Waals surface area contributed by atoms with Crippen molar-refractivity contribution in [2.24, 2.45) is 0 Å². The molecule has 0 bridgehead atoms. The number of nitrogens with zero attached hydrogens (tertiary/aromatic N) is 1. The molecule has 0 unspecified atom stereocenters. The lowest BCUT2D eigenvalue weighted by Crippen LogP contribution is -2.55. The molecule has 10 nitrogen and oxygen atoms in total. The summed E-state index contributed by atoms with van der Waals surface area (Å²) in [6.07, 6.45) is 3.06. The third-order valence-corrected chi connectivity index (χ3v) is 6.93.